The maximum absolute atomic E-state index is 11.1. The molecule has 0 spiro atoms. The van der Waals surface area contributed by atoms with Crippen molar-refractivity contribution in [1.82, 2.24) is 4.57 Å². The van der Waals surface area contributed by atoms with E-state index in [1.165, 1.54) is 24.1 Å². The predicted molar refractivity (Wildman–Crippen MR) is 81.4 cm³/mol. The van der Waals surface area contributed by atoms with Crippen LogP contribution in [-0.4, -0.2) is 23.0 Å². The van der Waals surface area contributed by atoms with Gasteiger partial charge in [-0.3, -0.25) is 0 Å². The molecule has 2 aromatic rings. The fourth-order valence-electron chi connectivity index (χ4n) is 1.98. The van der Waals surface area contributed by atoms with Crippen LogP contribution in [0.2, 0.25) is 0 Å². The van der Waals surface area contributed by atoms with Gasteiger partial charge in [0.05, 0.1) is 7.11 Å². The minimum atomic E-state index is -0.338. The lowest BCUT2D eigenvalue weighted by Gasteiger charge is -2.03. The van der Waals surface area contributed by atoms with E-state index in [9.17, 15) is 4.79 Å². The molecule has 1 aromatic heterocycles. The molecule has 3 nitrogen and oxygen atoms in total. The van der Waals surface area contributed by atoms with Crippen LogP contribution < -0.4 is 0 Å². The van der Waals surface area contributed by atoms with Crippen molar-refractivity contribution in [2.75, 3.05) is 12.4 Å². The number of aryl methyl sites for hydroxylation is 1. The Morgan fingerprint density at radius 2 is 2.26 bits per heavy atom. The standard InChI is InChI=1S/C15H16BrNO2/c1-19-15(18)6-4-12-3-5-14-13(11-12)7-10-17(14)9-2-8-16/h3-7,10-11H,2,8-9H2,1H3/b6-4+. The molecule has 0 aliphatic rings. The summed E-state index contributed by atoms with van der Waals surface area (Å²) in [6.45, 7) is 1.01. The molecule has 1 heterocycles. The van der Waals surface area contributed by atoms with E-state index in [1.807, 2.05) is 6.07 Å². The summed E-state index contributed by atoms with van der Waals surface area (Å²) in [4.78, 5) is 11.1. The number of ether oxygens (including phenoxy) is 1. The molecule has 0 saturated heterocycles. The average Bonchev–Trinajstić information content (AvgIpc) is 2.84. The van der Waals surface area contributed by atoms with Gasteiger partial charge in [0.1, 0.15) is 0 Å². The number of esters is 1. The van der Waals surface area contributed by atoms with E-state index in [4.69, 9.17) is 0 Å². The number of hydrogen-bond acceptors (Lipinski definition) is 2. The molecule has 1 aromatic carbocycles. The van der Waals surface area contributed by atoms with Gasteiger partial charge in [0.2, 0.25) is 0 Å². The van der Waals surface area contributed by atoms with Crippen LogP contribution >= 0.6 is 15.9 Å². The lowest BCUT2D eigenvalue weighted by Crippen LogP contribution is -1.96. The first-order valence-corrected chi connectivity index (χ1v) is 7.27. The second kappa shape index (κ2) is 6.57. The highest BCUT2D eigenvalue weighted by Gasteiger charge is 2.01. The van der Waals surface area contributed by atoms with E-state index < -0.39 is 0 Å². The van der Waals surface area contributed by atoms with Crippen molar-refractivity contribution in [2.24, 2.45) is 0 Å². The van der Waals surface area contributed by atoms with Crippen molar-refractivity contribution < 1.29 is 9.53 Å². The average molecular weight is 322 g/mol. The second-order valence-electron chi connectivity index (χ2n) is 4.23. The summed E-state index contributed by atoms with van der Waals surface area (Å²) in [6, 6.07) is 8.26. The van der Waals surface area contributed by atoms with Crippen molar-refractivity contribution in [2.45, 2.75) is 13.0 Å². The number of halogens is 1. The van der Waals surface area contributed by atoms with Crippen molar-refractivity contribution in [3.8, 4) is 0 Å². The Morgan fingerprint density at radius 3 is 3.00 bits per heavy atom. The molecular weight excluding hydrogens is 306 g/mol. The normalized spacial score (nSPS) is 11.3. The summed E-state index contributed by atoms with van der Waals surface area (Å²) in [5.74, 6) is -0.338. The molecule has 4 heteroatoms. The molecule has 0 unspecified atom stereocenters. The highest BCUT2D eigenvalue weighted by molar-refractivity contribution is 9.09. The molecule has 2 rings (SSSR count). The van der Waals surface area contributed by atoms with Crippen LogP contribution in [0, 0.1) is 0 Å². The SMILES string of the molecule is COC(=O)/C=C/c1ccc2c(ccn2CCCBr)c1. The molecule has 0 amide bonds. The number of nitrogens with zero attached hydrogens (tertiary/aromatic N) is 1. The highest BCUT2D eigenvalue weighted by atomic mass is 79.9. The Hall–Kier alpha value is -1.55. The number of benzene rings is 1. The van der Waals surface area contributed by atoms with Gasteiger partial charge < -0.3 is 9.30 Å². The molecule has 0 N–H and O–H groups in total. The molecule has 19 heavy (non-hydrogen) atoms. The lowest BCUT2D eigenvalue weighted by molar-refractivity contribution is -0.134. The zero-order chi connectivity index (χ0) is 13.7. The van der Waals surface area contributed by atoms with Gasteiger partial charge in [0.15, 0.2) is 0 Å². The topological polar surface area (TPSA) is 31.2 Å². The second-order valence-corrected chi connectivity index (χ2v) is 5.02. The highest BCUT2D eigenvalue weighted by Crippen LogP contribution is 2.19. The van der Waals surface area contributed by atoms with Crippen LogP contribution in [0.4, 0.5) is 0 Å². The van der Waals surface area contributed by atoms with Crippen LogP contribution in [0.5, 0.6) is 0 Å². The monoisotopic (exact) mass is 321 g/mol. The fraction of sp³-hybridized carbons (Fsp3) is 0.267. The third-order valence-corrected chi connectivity index (χ3v) is 3.50. The Kier molecular flexibility index (Phi) is 4.80. The number of aromatic nitrogens is 1. The summed E-state index contributed by atoms with van der Waals surface area (Å²) in [5, 5.41) is 2.19. The molecule has 100 valence electrons. The number of carbonyl (C=O) groups excluding carboxylic acids is 1. The van der Waals surface area contributed by atoms with Crippen LogP contribution in [0.3, 0.4) is 0 Å². The first-order chi connectivity index (χ1) is 9.24. The summed E-state index contributed by atoms with van der Waals surface area (Å²) in [5.41, 5.74) is 2.22. The van der Waals surface area contributed by atoms with Gasteiger partial charge in [-0.2, -0.15) is 0 Å². The van der Waals surface area contributed by atoms with E-state index in [0.717, 1.165) is 23.9 Å². The molecule has 0 aliphatic carbocycles. The van der Waals surface area contributed by atoms with Gasteiger partial charge in [-0.05, 0) is 36.3 Å². The number of rotatable bonds is 5. The Labute approximate surface area is 121 Å². The number of methoxy groups -OCH3 is 1. The van der Waals surface area contributed by atoms with Crippen LogP contribution in [0.25, 0.3) is 17.0 Å². The van der Waals surface area contributed by atoms with Crippen molar-refractivity contribution in [3.05, 3.63) is 42.1 Å². The van der Waals surface area contributed by atoms with Gasteiger partial charge in [-0.1, -0.05) is 22.0 Å². The van der Waals surface area contributed by atoms with Gasteiger partial charge in [0, 0.05) is 35.1 Å². The zero-order valence-electron chi connectivity index (χ0n) is 10.8. The Balaban J connectivity index is 2.22. The van der Waals surface area contributed by atoms with E-state index in [2.05, 4.69) is 49.6 Å². The summed E-state index contributed by atoms with van der Waals surface area (Å²) >= 11 is 3.45. The molecule has 0 bridgehead atoms. The van der Waals surface area contributed by atoms with E-state index >= 15 is 0 Å². The molecule has 0 saturated carbocycles. The van der Waals surface area contributed by atoms with E-state index in [1.54, 1.807) is 6.08 Å². The summed E-state index contributed by atoms with van der Waals surface area (Å²) in [6.07, 6.45) is 6.40. The van der Waals surface area contributed by atoms with Gasteiger partial charge in [-0.15, -0.1) is 0 Å². The van der Waals surface area contributed by atoms with Crippen molar-refractivity contribution in [1.29, 1.82) is 0 Å². The first kappa shape index (κ1) is 13.9. The maximum atomic E-state index is 11.1. The summed E-state index contributed by atoms with van der Waals surface area (Å²) in [7, 11) is 1.37. The number of carbonyl (C=O) groups is 1. The van der Waals surface area contributed by atoms with Gasteiger partial charge >= 0.3 is 5.97 Å². The number of hydrogen-bond donors (Lipinski definition) is 0. The third-order valence-electron chi connectivity index (χ3n) is 2.94. The quantitative estimate of drug-likeness (QED) is 0.478. The van der Waals surface area contributed by atoms with Crippen LogP contribution in [0.15, 0.2) is 36.5 Å². The molecule has 0 atom stereocenters. The first-order valence-electron chi connectivity index (χ1n) is 6.15. The van der Waals surface area contributed by atoms with Crippen LogP contribution in [-0.2, 0) is 16.1 Å². The Morgan fingerprint density at radius 1 is 1.42 bits per heavy atom. The van der Waals surface area contributed by atoms with E-state index in [0.29, 0.717) is 0 Å². The molecule has 0 radical (unpaired) electrons. The zero-order valence-corrected chi connectivity index (χ0v) is 12.4. The smallest absolute Gasteiger partial charge is 0.330 e. The van der Waals surface area contributed by atoms with Gasteiger partial charge in [0.25, 0.3) is 0 Å². The van der Waals surface area contributed by atoms with Gasteiger partial charge in [-0.25, -0.2) is 4.79 Å². The molecule has 0 aliphatic heterocycles. The Bertz CT molecular complexity index is 601. The molecule has 0 fully saturated rings. The minimum Gasteiger partial charge on any atom is -0.466 e. The fourth-order valence-corrected chi connectivity index (χ4v) is 2.23. The number of alkyl halides is 1. The molecular formula is C15H16BrNO2. The third kappa shape index (κ3) is 3.47. The number of fused-ring (bicyclic) bond motifs is 1. The predicted octanol–water partition coefficient (Wildman–Crippen LogP) is 3.61. The van der Waals surface area contributed by atoms with Crippen molar-refractivity contribution in [3.63, 3.8) is 0 Å². The lowest BCUT2D eigenvalue weighted by atomic mass is 10.1. The largest absolute Gasteiger partial charge is 0.466 e. The minimum absolute atomic E-state index is 0.338. The van der Waals surface area contributed by atoms with E-state index in [-0.39, 0.29) is 5.97 Å². The maximum Gasteiger partial charge on any atom is 0.330 e. The van der Waals surface area contributed by atoms with Crippen molar-refractivity contribution >= 4 is 38.9 Å². The van der Waals surface area contributed by atoms with Crippen LogP contribution in [0.1, 0.15) is 12.0 Å². The summed E-state index contributed by atoms with van der Waals surface area (Å²) < 4.78 is 6.81.